The van der Waals surface area contributed by atoms with E-state index in [1.165, 1.54) is 15.5 Å². The van der Waals surface area contributed by atoms with Gasteiger partial charge in [0.15, 0.2) is 5.69 Å². The lowest BCUT2D eigenvalue weighted by atomic mass is 10.1. The van der Waals surface area contributed by atoms with E-state index in [0.29, 0.717) is 25.4 Å². The fourth-order valence-corrected chi connectivity index (χ4v) is 2.83. The number of pyridine rings is 1. The molecular weight excluding hydrogens is 370 g/mol. The molecule has 2 aromatic heterocycles. The van der Waals surface area contributed by atoms with E-state index in [1.54, 1.807) is 24.5 Å². The summed E-state index contributed by atoms with van der Waals surface area (Å²) in [5.41, 5.74) is 5.75. The molecule has 0 aliphatic carbocycles. The molecule has 8 heteroatoms. The van der Waals surface area contributed by atoms with Crippen LogP contribution in [0.1, 0.15) is 45.6 Å². The Bertz CT molecular complexity index is 961. The molecule has 0 bridgehead atoms. The lowest BCUT2D eigenvalue weighted by Gasteiger charge is -2.24. The highest BCUT2D eigenvalue weighted by molar-refractivity contribution is 6.05. The molecule has 0 aliphatic heterocycles. The Morgan fingerprint density at radius 2 is 2.14 bits per heavy atom. The van der Waals surface area contributed by atoms with Crippen molar-refractivity contribution in [3.05, 3.63) is 57.0 Å². The average Bonchev–Trinajstić information content (AvgIpc) is 2.69. The standard InChI is InChI=1S/C21H29N5O3/c1-4-5-12-26-19(22)18(20(28)24-21(26)29)25(13-10-15(2)3)17(27)9-8-16-7-6-11-23-14-16/h6-9,11,14-15H,4-5,10,12-13,22H2,1-3H3,(H,24,28,29)/b9-8+. The molecule has 8 nitrogen and oxygen atoms in total. The topological polar surface area (TPSA) is 114 Å². The summed E-state index contributed by atoms with van der Waals surface area (Å²) < 4.78 is 1.32. The Hall–Kier alpha value is -3.16. The third-order valence-electron chi connectivity index (χ3n) is 4.52. The highest BCUT2D eigenvalue weighted by Gasteiger charge is 2.23. The van der Waals surface area contributed by atoms with Crippen LogP contribution >= 0.6 is 0 Å². The normalized spacial score (nSPS) is 11.3. The summed E-state index contributed by atoms with van der Waals surface area (Å²) in [6, 6.07) is 3.59. The number of amides is 1. The first kappa shape index (κ1) is 22.1. The molecule has 0 atom stereocenters. The number of aromatic amines is 1. The second-order valence-corrected chi connectivity index (χ2v) is 7.29. The number of hydrogen-bond acceptors (Lipinski definition) is 5. The Labute approximate surface area is 170 Å². The molecule has 29 heavy (non-hydrogen) atoms. The molecule has 0 radical (unpaired) electrons. The maximum Gasteiger partial charge on any atom is 0.330 e. The molecule has 0 saturated carbocycles. The number of nitrogen functional groups attached to an aromatic ring is 1. The number of aromatic nitrogens is 3. The predicted octanol–water partition coefficient (Wildman–Crippen LogP) is 2.41. The van der Waals surface area contributed by atoms with Crippen LogP contribution in [0.4, 0.5) is 11.5 Å². The summed E-state index contributed by atoms with van der Waals surface area (Å²) in [6.07, 6.45) is 8.58. The molecule has 0 aromatic carbocycles. The number of carbonyl (C=O) groups is 1. The highest BCUT2D eigenvalue weighted by atomic mass is 16.2. The van der Waals surface area contributed by atoms with Crippen LogP contribution in [0.2, 0.25) is 0 Å². The summed E-state index contributed by atoms with van der Waals surface area (Å²) in [5.74, 6) is -0.0506. The zero-order chi connectivity index (χ0) is 21.4. The van der Waals surface area contributed by atoms with Crippen LogP contribution < -0.4 is 21.9 Å². The minimum atomic E-state index is -0.660. The van der Waals surface area contributed by atoms with Gasteiger partial charge in [0.05, 0.1) is 0 Å². The molecule has 0 aliphatic rings. The fourth-order valence-electron chi connectivity index (χ4n) is 2.83. The summed E-state index contributed by atoms with van der Waals surface area (Å²) in [7, 11) is 0. The third kappa shape index (κ3) is 5.91. The molecule has 3 N–H and O–H groups in total. The number of nitrogens with two attached hydrogens (primary N) is 1. The Kier molecular flexibility index (Phi) is 7.94. The number of H-pyrrole nitrogens is 1. The first-order valence-electron chi connectivity index (χ1n) is 9.87. The number of anilines is 2. The predicted molar refractivity (Wildman–Crippen MR) is 116 cm³/mol. The van der Waals surface area contributed by atoms with Gasteiger partial charge in [-0.25, -0.2) is 4.79 Å². The van der Waals surface area contributed by atoms with Crippen LogP contribution in [0.5, 0.6) is 0 Å². The Morgan fingerprint density at radius 1 is 1.38 bits per heavy atom. The van der Waals surface area contributed by atoms with Crippen LogP contribution in [0.3, 0.4) is 0 Å². The first-order valence-corrected chi connectivity index (χ1v) is 9.87. The first-order chi connectivity index (χ1) is 13.8. The Morgan fingerprint density at radius 3 is 2.76 bits per heavy atom. The van der Waals surface area contributed by atoms with E-state index >= 15 is 0 Å². The van der Waals surface area contributed by atoms with Crippen LogP contribution in [-0.4, -0.2) is 27.0 Å². The molecule has 156 valence electrons. The molecule has 2 rings (SSSR count). The van der Waals surface area contributed by atoms with Gasteiger partial charge in [-0.3, -0.25) is 24.1 Å². The van der Waals surface area contributed by atoms with Crippen LogP contribution in [-0.2, 0) is 11.3 Å². The van der Waals surface area contributed by atoms with E-state index in [-0.39, 0.29) is 17.4 Å². The van der Waals surface area contributed by atoms with Gasteiger partial charge in [-0.15, -0.1) is 0 Å². The molecule has 0 fully saturated rings. The maximum absolute atomic E-state index is 13.0. The minimum Gasteiger partial charge on any atom is -0.383 e. The lowest BCUT2D eigenvalue weighted by molar-refractivity contribution is -0.114. The third-order valence-corrected chi connectivity index (χ3v) is 4.52. The fraction of sp³-hybridized carbons (Fsp3) is 0.429. The average molecular weight is 399 g/mol. The van der Waals surface area contributed by atoms with E-state index in [1.807, 2.05) is 26.8 Å². The smallest absolute Gasteiger partial charge is 0.330 e. The number of unbranched alkanes of at least 4 members (excludes halogenated alkanes) is 1. The van der Waals surface area contributed by atoms with Gasteiger partial charge in [0.1, 0.15) is 5.82 Å². The van der Waals surface area contributed by atoms with E-state index in [0.717, 1.165) is 18.4 Å². The van der Waals surface area contributed by atoms with Crippen LogP contribution in [0, 0.1) is 5.92 Å². The quantitative estimate of drug-likeness (QED) is 0.629. The van der Waals surface area contributed by atoms with Crippen molar-refractivity contribution in [3.8, 4) is 0 Å². The number of hydrogen-bond donors (Lipinski definition) is 2. The van der Waals surface area contributed by atoms with Gasteiger partial charge in [-0.1, -0.05) is 33.3 Å². The summed E-state index contributed by atoms with van der Waals surface area (Å²) in [4.78, 5) is 45.4. The molecular formula is C21H29N5O3. The Balaban J connectivity index is 2.46. The molecule has 2 aromatic rings. The molecule has 0 unspecified atom stereocenters. The van der Waals surface area contributed by atoms with Gasteiger partial charge >= 0.3 is 5.69 Å². The molecule has 2 heterocycles. The van der Waals surface area contributed by atoms with Gasteiger partial charge in [-0.05, 0) is 36.5 Å². The molecule has 0 saturated heterocycles. The second kappa shape index (κ2) is 10.4. The van der Waals surface area contributed by atoms with E-state index in [4.69, 9.17) is 5.73 Å². The number of nitrogens with one attached hydrogen (secondary N) is 1. The van der Waals surface area contributed by atoms with Gasteiger partial charge in [-0.2, -0.15) is 0 Å². The van der Waals surface area contributed by atoms with E-state index in [2.05, 4.69) is 9.97 Å². The highest BCUT2D eigenvalue weighted by Crippen LogP contribution is 2.19. The molecule has 0 spiro atoms. The lowest BCUT2D eigenvalue weighted by Crippen LogP contribution is -2.41. The van der Waals surface area contributed by atoms with Crippen molar-refractivity contribution in [2.24, 2.45) is 5.92 Å². The number of nitrogens with zero attached hydrogens (tertiary/aromatic N) is 3. The number of rotatable bonds is 9. The molecule has 1 amide bonds. The van der Waals surface area contributed by atoms with Crippen LogP contribution in [0.25, 0.3) is 6.08 Å². The van der Waals surface area contributed by atoms with Crippen molar-refractivity contribution < 1.29 is 4.79 Å². The zero-order valence-corrected chi connectivity index (χ0v) is 17.2. The number of carbonyl (C=O) groups excluding carboxylic acids is 1. The van der Waals surface area contributed by atoms with Gasteiger partial charge in [0, 0.05) is 31.6 Å². The zero-order valence-electron chi connectivity index (χ0n) is 17.2. The summed E-state index contributed by atoms with van der Waals surface area (Å²) in [5, 5.41) is 0. The van der Waals surface area contributed by atoms with Gasteiger partial charge < -0.3 is 10.6 Å². The van der Waals surface area contributed by atoms with Crippen molar-refractivity contribution in [1.29, 1.82) is 0 Å². The summed E-state index contributed by atoms with van der Waals surface area (Å²) >= 11 is 0. The van der Waals surface area contributed by atoms with Crippen LogP contribution in [0.15, 0.2) is 40.2 Å². The monoisotopic (exact) mass is 399 g/mol. The largest absolute Gasteiger partial charge is 0.383 e. The maximum atomic E-state index is 13.0. The van der Waals surface area contributed by atoms with Crippen molar-refractivity contribution in [2.45, 2.75) is 46.6 Å². The van der Waals surface area contributed by atoms with E-state index < -0.39 is 11.2 Å². The van der Waals surface area contributed by atoms with E-state index in [9.17, 15) is 14.4 Å². The van der Waals surface area contributed by atoms with Gasteiger partial charge in [0.25, 0.3) is 11.5 Å². The minimum absolute atomic E-state index is 0.0130. The van der Waals surface area contributed by atoms with Crippen molar-refractivity contribution in [3.63, 3.8) is 0 Å². The second-order valence-electron chi connectivity index (χ2n) is 7.29. The summed E-state index contributed by atoms with van der Waals surface area (Å²) in [6.45, 7) is 6.75. The van der Waals surface area contributed by atoms with Crippen molar-refractivity contribution >= 4 is 23.5 Å². The SMILES string of the molecule is CCCCn1c(N)c(N(CCC(C)C)C(=O)/C=C/c2cccnc2)c(=O)[nH]c1=O. The van der Waals surface area contributed by atoms with Gasteiger partial charge in [0.2, 0.25) is 0 Å². The van der Waals surface area contributed by atoms with Crippen molar-refractivity contribution in [2.75, 3.05) is 17.2 Å². The van der Waals surface area contributed by atoms with Crippen molar-refractivity contribution in [1.82, 2.24) is 14.5 Å².